The number of non-ortho nitro benzene ring substituents is 1. The summed E-state index contributed by atoms with van der Waals surface area (Å²) in [7, 11) is 2.42. The Labute approximate surface area is 173 Å². The number of methoxy groups -OCH3 is 2. The van der Waals surface area contributed by atoms with Crippen LogP contribution in [-0.4, -0.2) is 43.0 Å². The third kappa shape index (κ3) is 3.92. The molecule has 1 heterocycles. The topological polar surface area (TPSA) is 117 Å². The molecule has 30 heavy (non-hydrogen) atoms. The molecular formula is C21H24N2O7. The molecule has 1 aromatic rings. The Bertz CT molecular complexity index is 914. The number of hydrogen-bond acceptors (Lipinski definition) is 8. The Morgan fingerprint density at radius 3 is 2.23 bits per heavy atom. The van der Waals surface area contributed by atoms with Gasteiger partial charge in [-0.05, 0) is 31.9 Å². The largest absolute Gasteiger partial charge is 0.466 e. The minimum atomic E-state index is -1.42. The molecule has 1 aliphatic carbocycles. The fourth-order valence-corrected chi connectivity index (χ4v) is 3.90. The zero-order valence-corrected chi connectivity index (χ0v) is 17.2. The van der Waals surface area contributed by atoms with Gasteiger partial charge in [-0.15, -0.1) is 0 Å². The monoisotopic (exact) mass is 416 g/mol. The Morgan fingerprint density at radius 1 is 1.10 bits per heavy atom. The number of rotatable bonds is 5. The van der Waals surface area contributed by atoms with Crippen LogP contribution >= 0.6 is 0 Å². The van der Waals surface area contributed by atoms with Crippen molar-refractivity contribution in [1.82, 2.24) is 0 Å². The van der Waals surface area contributed by atoms with Gasteiger partial charge in [0, 0.05) is 17.7 Å². The van der Waals surface area contributed by atoms with Crippen LogP contribution in [0.4, 0.5) is 5.69 Å². The second kappa shape index (κ2) is 8.64. The molecule has 0 amide bonds. The van der Waals surface area contributed by atoms with E-state index in [1.807, 2.05) is 0 Å². The minimum Gasteiger partial charge on any atom is -0.466 e. The van der Waals surface area contributed by atoms with E-state index >= 15 is 0 Å². The van der Waals surface area contributed by atoms with Crippen molar-refractivity contribution in [3.05, 3.63) is 51.1 Å². The molecule has 1 unspecified atom stereocenters. The summed E-state index contributed by atoms with van der Waals surface area (Å²) in [6, 6.07) is 5.57. The molecule has 2 aliphatic rings. The maximum absolute atomic E-state index is 12.7. The van der Waals surface area contributed by atoms with Crippen molar-refractivity contribution in [3.63, 3.8) is 0 Å². The second-order valence-corrected chi connectivity index (χ2v) is 7.40. The summed E-state index contributed by atoms with van der Waals surface area (Å²) in [4.78, 5) is 40.5. The predicted molar refractivity (Wildman–Crippen MR) is 107 cm³/mol. The van der Waals surface area contributed by atoms with Crippen LogP contribution in [0.2, 0.25) is 0 Å². The van der Waals surface area contributed by atoms with E-state index < -0.39 is 22.5 Å². The number of carbonyl (C=O) groups excluding carboxylic acids is 2. The van der Waals surface area contributed by atoms with Gasteiger partial charge in [-0.25, -0.2) is 14.6 Å². The van der Waals surface area contributed by atoms with E-state index in [1.54, 1.807) is 6.92 Å². The fraction of sp³-hybridized carbons (Fsp3) is 0.476. The molecule has 0 radical (unpaired) electrons. The van der Waals surface area contributed by atoms with Gasteiger partial charge in [0.25, 0.3) is 5.69 Å². The molecule has 9 nitrogen and oxygen atoms in total. The average molecular weight is 416 g/mol. The molecule has 0 saturated heterocycles. The molecule has 9 heteroatoms. The summed E-state index contributed by atoms with van der Waals surface area (Å²) in [5, 5.41) is 11.0. The number of esters is 2. The SMILES string of the molecule is COC(=O)C1=C(C(=O)OC)C(C)(c2ccc([N+](=O)[O-])cc2)OC1=NC1CCCCC1. The van der Waals surface area contributed by atoms with E-state index in [-0.39, 0.29) is 28.8 Å². The van der Waals surface area contributed by atoms with E-state index in [4.69, 9.17) is 14.2 Å². The number of benzene rings is 1. The quantitative estimate of drug-likeness (QED) is 0.411. The second-order valence-electron chi connectivity index (χ2n) is 7.40. The smallest absolute Gasteiger partial charge is 0.344 e. The van der Waals surface area contributed by atoms with Crippen LogP contribution in [0.25, 0.3) is 0 Å². The van der Waals surface area contributed by atoms with Gasteiger partial charge in [-0.2, -0.15) is 0 Å². The van der Waals surface area contributed by atoms with Gasteiger partial charge in [0.1, 0.15) is 11.1 Å². The maximum atomic E-state index is 12.7. The van der Waals surface area contributed by atoms with Crippen molar-refractivity contribution in [2.45, 2.75) is 50.7 Å². The molecule has 0 aromatic heterocycles. The third-order valence-electron chi connectivity index (χ3n) is 5.52. The Hall–Kier alpha value is -3.23. The summed E-state index contributed by atoms with van der Waals surface area (Å²) in [5.74, 6) is -1.48. The molecular weight excluding hydrogens is 392 g/mol. The highest BCUT2D eigenvalue weighted by molar-refractivity contribution is 6.23. The summed E-state index contributed by atoms with van der Waals surface area (Å²) >= 11 is 0. The number of nitro groups is 1. The van der Waals surface area contributed by atoms with Gasteiger partial charge in [-0.1, -0.05) is 19.3 Å². The Balaban J connectivity index is 2.15. The van der Waals surface area contributed by atoms with Crippen molar-refractivity contribution in [1.29, 1.82) is 0 Å². The van der Waals surface area contributed by atoms with Crippen LogP contribution in [0.15, 0.2) is 40.4 Å². The van der Waals surface area contributed by atoms with E-state index in [1.165, 1.54) is 38.5 Å². The normalized spacial score (nSPS) is 23.2. The first-order chi connectivity index (χ1) is 14.3. The van der Waals surface area contributed by atoms with Gasteiger partial charge in [0.15, 0.2) is 5.60 Å². The van der Waals surface area contributed by atoms with Gasteiger partial charge in [0.05, 0.1) is 25.2 Å². The van der Waals surface area contributed by atoms with Gasteiger partial charge in [0.2, 0.25) is 5.90 Å². The number of hydrogen-bond donors (Lipinski definition) is 0. The van der Waals surface area contributed by atoms with Crippen molar-refractivity contribution < 1.29 is 28.7 Å². The number of ether oxygens (including phenoxy) is 3. The lowest BCUT2D eigenvalue weighted by atomic mass is 9.86. The zero-order chi connectivity index (χ0) is 21.9. The summed E-state index contributed by atoms with van der Waals surface area (Å²) in [5.41, 5.74) is -1.19. The molecule has 1 aromatic carbocycles. The minimum absolute atomic E-state index is 0.0217. The lowest BCUT2D eigenvalue weighted by molar-refractivity contribution is -0.384. The number of carbonyl (C=O) groups is 2. The molecule has 0 spiro atoms. The number of aliphatic imine (C=N–C) groups is 1. The van der Waals surface area contributed by atoms with Gasteiger partial charge in [-0.3, -0.25) is 10.1 Å². The summed E-state index contributed by atoms with van der Waals surface area (Å²) in [6.07, 6.45) is 4.92. The van der Waals surface area contributed by atoms with Gasteiger partial charge < -0.3 is 14.2 Å². The van der Waals surface area contributed by atoms with Crippen LogP contribution in [0.5, 0.6) is 0 Å². The van der Waals surface area contributed by atoms with Crippen molar-refractivity contribution in [2.24, 2.45) is 4.99 Å². The lowest BCUT2D eigenvalue weighted by Gasteiger charge is -2.27. The molecule has 1 atom stereocenters. The third-order valence-corrected chi connectivity index (χ3v) is 5.52. The standard InChI is InChI=1S/C21H24N2O7/c1-21(13-9-11-15(12-10-13)23(26)27)17(20(25)29-3)16(19(24)28-2)18(30-21)22-14-7-5-4-6-8-14/h9-12,14H,4-8H2,1-3H3. The van der Waals surface area contributed by atoms with Gasteiger partial charge >= 0.3 is 11.9 Å². The highest BCUT2D eigenvalue weighted by Crippen LogP contribution is 2.43. The first kappa shape index (κ1) is 21.5. The highest BCUT2D eigenvalue weighted by Gasteiger charge is 2.51. The first-order valence-corrected chi connectivity index (χ1v) is 9.75. The van der Waals surface area contributed by atoms with Crippen LogP contribution < -0.4 is 0 Å². The van der Waals surface area contributed by atoms with Crippen LogP contribution in [-0.2, 0) is 29.4 Å². The molecule has 0 N–H and O–H groups in total. The molecule has 1 saturated carbocycles. The summed E-state index contributed by atoms with van der Waals surface area (Å²) in [6.45, 7) is 1.60. The predicted octanol–water partition coefficient (Wildman–Crippen LogP) is 3.21. The molecule has 1 aliphatic heterocycles. The van der Waals surface area contributed by atoms with Crippen LogP contribution in [0, 0.1) is 10.1 Å². The lowest BCUT2D eigenvalue weighted by Crippen LogP contribution is -2.30. The van der Waals surface area contributed by atoms with Crippen molar-refractivity contribution in [2.75, 3.05) is 14.2 Å². The molecule has 3 rings (SSSR count). The van der Waals surface area contributed by atoms with Crippen molar-refractivity contribution >= 4 is 23.5 Å². The van der Waals surface area contributed by atoms with Crippen molar-refractivity contribution in [3.8, 4) is 0 Å². The summed E-state index contributed by atoms with van der Waals surface area (Å²) < 4.78 is 15.9. The maximum Gasteiger partial charge on any atom is 0.344 e. The zero-order valence-electron chi connectivity index (χ0n) is 17.2. The molecule has 0 bridgehead atoms. The molecule has 1 fully saturated rings. The number of nitro benzene ring substituents is 1. The number of nitrogens with zero attached hydrogens (tertiary/aromatic N) is 2. The van der Waals surface area contributed by atoms with E-state index in [0.717, 1.165) is 32.1 Å². The first-order valence-electron chi connectivity index (χ1n) is 9.75. The Morgan fingerprint density at radius 2 is 1.70 bits per heavy atom. The van der Waals surface area contributed by atoms with Crippen LogP contribution in [0.3, 0.4) is 0 Å². The Kier molecular flexibility index (Phi) is 6.19. The highest BCUT2D eigenvalue weighted by atomic mass is 16.6. The van der Waals surface area contributed by atoms with Crippen LogP contribution in [0.1, 0.15) is 44.6 Å². The fourth-order valence-electron chi connectivity index (χ4n) is 3.90. The van der Waals surface area contributed by atoms with E-state index in [9.17, 15) is 19.7 Å². The van der Waals surface area contributed by atoms with E-state index in [0.29, 0.717) is 5.56 Å². The average Bonchev–Trinajstić information content (AvgIpc) is 3.06. The molecule has 160 valence electrons. The van der Waals surface area contributed by atoms with E-state index in [2.05, 4.69) is 4.99 Å².